The summed E-state index contributed by atoms with van der Waals surface area (Å²) in [5, 5.41) is 4.01. The van der Waals surface area contributed by atoms with Crippen molar-refractivity contribution in [2.45, 2.75) is 37.1 Å². The molecule has 0 aliphatic carbocycles. The van der Waals surface area contributed by atoms with Crippen LogP contribution in [-0.4, -0.2) is 25.8 Å². The summed E-state index contributed by atoms with van der Waals surface area (Å²) < 4.78 is 27.1. The van der Waals surface area contributed by atoms with Crippen LogP contribution < -0.4 is 5.32 Å². The summed E-state index contributed by atoms with van der Waals surface area (Å²) in [6.07, 6.45) is 4.11. The Kier molecular flexibility index (Phi) is 5.99. The summed E-state index contributed by atoms with van der Waals surface area (Å²) in [6, 6.07) is 14.7. The van der Waals surface area contributed by atoms with E-state index in [0.29, 0.717) is 29.6 Å². The van der Waals surface area contributed by atoms with Crippen molar-refractivity contribution in [1.82, 2.24) is 4.31 Å². The Morgan fingerprint density at radius 3 is 2.08 bits per heavy atom. The predicted molar refractivity (Wildman–Crippen MR) is 102 cm³/mol. The van der Waals surface area contributed by atoms with Gasteiger partial charge >= 0.3 is 0 Å². The van der Waals surface area contributed by atoms with E-state index in [1.54, 1.807) is 16.4 Å². The lowest BCUT2D eigenvalue weighted by atomic mass is 10.2. The monoisotopic (exact) mass is 378 g/mol. The minimum absolute atomic E-state index is 0.367. The quantitative estimate of drug-likeness (QED) is 0.832. The van der Waals surface area contributed by atoms with E-state index in [1.807, 2.05) is 36.4 Å². The van der Waals surface area contributed by atoms with Crippen molar-refractivity contribution in [3.63, 3.8) is 0 Å². The third-order valence-electron chi connectivity index (χ3n) is 4.47. The molecule has 0 amide bonds. The van der Waals surface area contributed by atoms with Crippen molar-refractivity contribution in [1.29, 1.82) is 0 Å². The van der Waals surface area contributed by atoms with Gasteiger partial charge in [0.1, 0.15) is 0 Å². The Bertz CT molecular complexity index is 781. The second-order valence-corrected chi connectivity index (χ2v) is 8.70. The number of nitrogens with zero attached hydrogens (tertiary/aromatic N) is 1. The number of hydrogen-bond donors (Lipinski definition) is 1. The predicted octanol–water partition coefficient (Wildman–Crippen LogP) is 4.52. The zero-order valence-electron chi connectivity index (χ0n) is 14.1. The van der Waals surface area contributed by atoms with E-state index in [0.717, 1.165) is 36.9 Å². The minimum Gasteiger partial charge on any atom is -0.381 e. The van der Waals surface area contributed by atoms with Crippen LogP contribution in [-0.2, 0) is 16.6 Å². The number of sulfonamides is 1. The SMILES string of the molecule is O=S(=O)(c1ccc(NCc2ccc(Cl)cc2)cc1)N1CCCCCC1. The van der Waals surface area contributed by atoms with E-state index < -0.39 is 10.0 Å². The molecule has 3 rings (SSSR count). The van der Waals surface area contributed by atoms with Crippen molar-refractivity contribution in [2.75, 3.05) is 18.4 Å². The topological polar surface area (TPSA) is 49.4 Å². The third-order valence-corrected chi connectivity index (χ3v) is 6.63. The van der Waals surface area contributed by atoms with Gasteiger partial charge in [-0.3, -0.25) is 0 Å². The lowest BCUT2D eigenvalue weighted by Gasteiger charge is -2.20. The van der Waals surface area contributed by atoms with Crippen LogP contribution in [0.3, 0.4) is 0 Å². The molecule has 25 heavy (non-hydrogen) atoms. The highest BCUT2D eigenvalue weighted by Gasteiger charge is 2.24. The number of anilines is 1. The van der Waals surface area contributed by atoms with E-state index in [4.69, 9.17) is 11.6 Å². The molecule has 2 aromatic carbocycles. The molecule has 4 nitrogen and oxygen atoms in total. The summed E-state index contributed by atoms with van der Waals surface area (Å²) >= 11 is 5.88. The lowest BCUT2D eigenvalue weighted by Crippen LogP contribution is -2.31. The smallest absolute Gasteiger partial charge is 0.243 e. The van der Waals surface area contributed by atoms with Gasteiger partial charge in [0.25, 0.3) is 0 Å². The molecule has 1 saturated heterocycles. The van der Waals surface area contributed by atoms with Gasteiger partial charge in [0.2, 0.25) is 10.0 Å². The van der Waals surface area contributed by atoms with Crippen LogP contribution >= 0.6 is 11.6 Å². The second-order valence-electron chi connectivity index (χ2n) is 6.32. The van der Waals surface area contributed by atoms with Crippen LogP contribution in [0.2, 0.25) is 5.02 Å². The van der Waals surface area contributed by atoms with Crippen LogP contribution in [0.15, 0.2) is 53.4 Å². The zero-order valence-corrected chi connectivity index (χ0v) is 15.7. The van der Waals surface area contributed by atoms with Gasteiger partial charge in [-0.15, -0.1) is 0 Å². The molecule has 0 unspecified atom stereocenters. The first-order chi connectivity index (χ1) is 12.1. The van der Waals surface area contributed by atoms with E-state index in [-0.39, 0.29) is 0 Å². The van der Waals surface area contributed by atoms with Crippen molar-refractivity contribution in [3.8, 4) is 0 Å². The molecular weight excluding hydrogens is 356 g/mol. The fourth-order valence-electron chi connectivity index (χ4n) is 2.98. The maximum atomic E-state index is 12.8. The van der Waals surface area contributed by atoms with Gasteiger partial charge in [-0.05, 0) is 54.8 Å². The average molecular weight is 379 g/mol. The molecule has 0 atom stereocenters. The molecule has 0 saturated carbocycles. The van der Waals surface area contributed by atoms with E-state index in [2.05, 4.69) is 5.32 Å². The first-order valence-electron chi connectivity index (χ1n) is 8.64. The molecule has 1 aliphatic rings. The molecule has 0 bridgehead atoms. The highest BCUT2D eigenvalue weighted by molar-refractivity contribution is 7.89. The Labute approximate surface area is 154 Å². The normalized spacial score (nSPS) is 16.4. The van der Waals surface area contributed by atoms with Crippen LogP contribution in [0.25, 0.3) is 0 Å². The number of nitrogens with one attached hydrogen (secondary N) is 1. The van der Waals surface area contributed by atoms with Crippen LogP contribution in [0, 0.1) is 0 Å². The summed E-state index contributed by atoms with van der Waals surface area (Å²) in [5.74, 6) is 0. The van der Waals surface area contributed by atoms with Crippen molar-refractivity contribution < 1.29 is 8.42 Å². The van der Waals surface area contributed by atoms with Gasteiger partial charge in [0.15, 0.2) is 0 Å². The summed E-state index contributed by atoms with van der Waals surface area (Å²) in [7, 11) is -3.38. The van der Waals surface area contributed by atoms with E-state index in [1.165, 1.54) is 0 Å². The van der Waals surface area contributed by atoms with Gasteiger partial charge in [0, 0.05) is 30.3 Å². The number of hydrogen-bond acceptors (Lipinski definition) is 3. The summed E-state index contributed by atoms with van der Waals surface area (Å²) in [5.41, 5.74) is 2.01. The van der Waals surface area contributed by atoms with Crippen molar-refractivity contribution in [2.24, 2.45) is 0 Å². The van der Waals surface area contributed by atoms with Crippen molar-refractivity contribution >= 4 is 27.3 Å². The van der Waals surface area contributed by atoms with Gasteiger partial charge in [-0.25, -0.2) is 8.42 Å². The Morgan fingerprint density at radius 1 is 0.880 bits per heavy atom. The molecule has 0 radical (unpaired) electrons. The maximum Gasteiger partial charge on any atom is 0.243 e. The van der Waals surface area contributed by atoms with Crippen LogP contribution in [0.1, 0.15) is 31.2 Å². The molecule has 1 N–H and O–H groups in total. The highest BCUT2D eigenvalue weighted by Crippen LogP contribution is 2.22. The van der Waals surface area contributed by atoms with E-state index in [9.17, 15) is 8.42 Å². The fraction of sp³-hybridized carbons (Fsp3) is 0.368. The van der Waals surface area contributed by atoms with Gasteiger partial charge < -0.3 is 5.32 Å². The first-order valence-corrected chi connectivity index (χ1v) is 10.5. The fourth-order valence-corrected chi connectivity index (χ4v) is 4.63. The molecule has 0 aromatic heterocycles. The summed E-state index contributed by atoms with van der Waals surface area (Å²) in [4.78, 5) is 0.367. The first kappa shape index (κ1) is 18.2. The molecule has 1 heterocycles. The second kappa shape index (κ2) is 8.21. The molecule has 6 heteroatoms. The van der Waals surface area contributed by atoms with E-state index >= 15 is 0 Å². The van der Waals surface area contributed by atoms with Crippen molar-refractivity contribution in [3.05, 3.63) is 59.1 Å². The summed E-state index contributed by atoms with van der Waals surface area (Å²) in [6.45, 7) is 1.91. The Balaban J connectivity index is 1.65. The molecule has 1 aliphatic heterocycles. The molecule has 0 spiro atoms. The highest BCUT2D eigenvalue weighted by atomic mass is 35.5. The Hall–Kier alpha value is -1.56. The average Bonchev–Trinajstić information content (AvgIpc) is 2.92. The lowest BCUT2D eigenvalue weighted by molar-refractivity contribution is 0.424. The number of halogens is 1. The third kappa shape index (κ3) is 4.75. The van der Waals surface area contributed by atoms with Gasteiger partial charge in [-0.1, -0.05) is 36.6 Å². The molecule has 1 fully saturated rings. The van der Waals surface area contributed by atoms with Gasteiger partial charge in [0.05, 0.1) is 4.90 Å². The number of benzene rings is 2. The Morgan fingerprint density at radius 2 is 1.48 bits per heavy atom. The maximum absolute atomic E-state index is 12.8. The van der Waals surface area contributed by atoms with Gasteiger partial charge in [-0.2, -0.15) is 4.31 Å². The molecule has 134 valence electrons. The van der Waals surface area contributed by atoms with Crippen LogP contribution in [0.5, 0.6) is 0 Å². The zero-order chi connectivity index (χ0) is 17.7. The van der Waals surface area contributed by atoms with Crippen LogP contribution in [0.4, 0.5) is 5.69 Å². The minimum atomic E-state index is -3.38. The molecule has 2 aromatic rings. The largest absolute Gasteiger partial charge is 0.381 e. The number of rotatable bonds is 5. The molecular formula is C19H23ClN2O2S. The standard InChI is InChI=1S/C19H23ClN2O2S/c20-17-7-5-16(6-8-17)15-21-18-9-11-19(12-10-18)25(23,24)22-13-3-1-2-4-14-22/h5-12,21H,1-4,13-15H2.